The Kier molecular flexibility index (Phi) is 1.90. The lowest BCUT2D eigenvalue weighted by molar-refractivity contribution is -0.0215. The largest absolute Gasteiger partial charge is 0.375 e. The second-order valence-electron chi connectivity index (χ2n) is 3.71. The third-order valence-electron chi connectivity index (χ3n) is 2.86. The fourth-order valence-corrected chi connectivity index (χ4v) is 1.99. The van der Waals surface area contributed by atoms with Crippen LogP contribution in [0.25, 0.3) is 0 Å². The molecule has 1 spiro atoms. The number of nitrogens with zero attached hydrogens (tertiary/aromatic N) is 1. The highest BCUT2D eigenvalue weighted by Crippen LogP contribution is 2.34. The van der Waals surface area contributed by atoms with E-state index in [0.29, 0.717) is 0 Å². The van der Waals surface area contributed by atoms with E-state index in [9.17, 15) is 0 Å². The molecule has 0 atom stereocenters. The monoisotopic (exact) mass is 154 g/mol. The Morgan fingerprint density at radius 3 is 2.64 bits per heavy atom. The average molecular weight is 154 g/mol. The predicted molar refractivity (Wildman–Crippen MR) is 44.3 cm³/mol. The minimum Gasteiger partial charge on any atom is -0.375 e. The molecule has 2 saturated heterocycles. The lowest BCUT2D eigenvalue weighted by Crippen LogP contribution is -2.42. The lowest BCUT2D eigenvalue weighted by Gasteiger charge is -2.36. The molecule has 2 aliphatic heterocycles. The van der Waals surface area contributed by atoms with E-state index in [2.05, 4.69) is 18.4 Å². The molecule has 2 heteroatoms. The highest BCUT2D eigenvalue weighted by Gasteiger charge is 2.37. The van der Waals surface area contributed by atoms with E-state index in [1.54, 1.807) is 0 Å². The zero-order valence-electron chi connectivity index (χ0n) is 7.18. The highest BCUT2D eigenvalue weighted by molar-refractivity contribution is 5.01. The van der Waals surface area contributed by atoms with E-state index in [-0.39, 0.29) is 5.60 Å². The zero-order valence-corrected chi connectivity index (χ0v) is 7.18. The van der Waals surface area contributed by atoms with E-state index in [4.69, 9.17) is 4.74 Å². The van der Waals surface area contributed by atoms with Gasteiger partial charge in [0.05, 0.1) is 5.60 Å². The molecular formula is C9H16NO. The highest BCUT2D eigenvalue weighted by atomic mass is 16.5. The van der Waals surface area contributed by atoms with Crippen LogP contribution in [0.3, 0.4) is 0 Å². The third-order valence-corrected chi connectivity index (χ3v) is 2.86. The molecule has 2 aliphatic rings. The summed E-state index contributed by atoms with van der Waals surface area (Å²) in [6, 6.07) is 0. The van der Waals surface area contributed by atoms with E-state index >= 15 is 0 Å². The number of ether oxygens (including phenoxy) is 1. The van der Waals surface area contributed by atoms with Crippen LogP contribution in [-0.2, 0) is 4.74 Å². The van der Waals surface area contributed by atoms with Crippen molar-refractivity contribution in [3.05, 3.63) is 6.42 Å². The summed E-state index contributed by atoms with van der Waals surface area (Å²) in [6.07, 6.45) is 5.93. The molecule has 0 saturated carbocycles. The van der Waals surface area contributed by atoms with Crippen molar-refractivity contribution in [3.63, 3.8) is 0 Å². The summed E-state index contributed by atoms with van der Waals surface area (Å²) in [7, 11) is 2.18. The van der Waals surface area contributed by atoms with Crippen LogP contribution in [-0.4, -0.2) is 37.2 Å². The van der Waals surface area contributed by atoms with Gasteiger partial charge in [0.25, 0.3) is 0 Å². The number of rotatable bonds is 0. The molecule has 0 unspecified atom stereocenters. The molecule has 0 aromatic rings. The minimum absolute atomic E-state index is 0.187. The first-order valence-corrected chi connectivity index (χ1v) is 4.48. The molecule has 2 rings (SSSR count). The molecule has 2 nitrogen and oxygen atoms in total. The summed E-state index contributed by atoms with van der Waals surface area (Å²) in [6.45, 7) is 3.33. The molecule has 0 aliphatic carbocycles. The van der Waals surface area contributed by atoms with E-state index in [1.807, 2.05) is 0 Å². The van der Waals surface area contributed by atoms with Gasteiger partial charge in [-0.05, 0) is 32.7 Å². The van der Waals surface area contributed by atoms with Gasteiger partial charge in [0.2, 0.25) is 0 Å². The average Bonchev–Trinajstić information content (AvgIpc) is 2.45. The quantitative estimate of drug-likeness (QED) is 0.517. The number of likely N-dealkylation sites (tertiary alicyclic amines) is 1. The fourth-order valence-electron chi connectivity index (χ4n) is 1.99. The number of hydrogen-bond donors (Lipinski definition) is 0. The van der Waals surface area contributed by atoms with Crippen molar-refractivity contribution in [3.8, 4) is 0 Å². The SMILES string of the molecule is CN1CCC2([CH]CCO2)CC1. The first-order valence-electron chi connectivity index (χ1n) is 4.48. The molecule has 63 valence electrons. The standard InChI is InChI=1S/C9H16NO/c1-10-6-4-9(5-7-10)3-2-8-11-9/h3H,2,4-8H2,1H3. The van der Waals surface area contributed by atoms with E-state index < -0.39 is 0 Å². The summed E-state index contributed by atoms with van der Waals surface area (Å²) in [5.41, 5.74) is 0.187. The van der Waals surface area contributed by atoms with Crippen molar-refractivity contribution in [2.75, 3.05) is 26.7 Å². The Labute approximate surface area is 68.5 Å². The molecule has 2 heterocycles. The Morgan fingerprint density at radius 1 is 1.36 bits per heavy atom. The second kappa shape index (κ2) is 2.76. The molecule has 11 heavy (non-hydrogen) atoms. The molecule has 2 fully saturated rings. The first kappa shape index (κ1) is 7.56. The van der Waals surface area contributed by atoms with Gasteiger partial charge in [0, 0.05) is 19.7 Å². The Bertz CT molecular complexity index is 130. The van der Waals surface area contributed by atoms with Crippen molar-refractivity contribution < 1.29 is 4.74 Å². The summed E-state index contributed by atoms with van der Waals surface area (Å²) < 4.78 is 5.75. The van der Waals surface area contributed by atoms with Gasteiger partial charge in [-0.1, -0.05) is 0 Å². The van der Waals surface area contributed by atoms with Crippen molar-refractivity contribution >= 4 is 0 Å². The second-order valence-corrected chi connectivity index (χ2v) is 3.71. The maximum atomic E-state index is 5.75. The van der Waals surface area contributed by atoms with Gasteiger partial charge in [-0.3, -0.25) is 0 Å². The van der Waals surface area contributed by atoms with Crippen molar-refractivity contribution in [1.82, 2.24) is 4.90 Å². The predicted octanol–water partition coefficient (Wildman–Crippen LogP) is 1.08. The van der Waals surface area contributed by atoms with E-state index in [1.165, 1.54) is 25.9 Å². The third kappa shape index (κ3) is 1.42. The maximum Gasteiger partial charge on any atom is 0.0739 e. The fraction of sp³-hybridized carbons (Fsp3) is 0.889. The summed E-state index contributed by atoms with van der Waals surface area (Å²) >= 11 is 0. The van der Waals surface area contributed by atoms with Gasteiger partial charge in [-0.15, -0.1) is 0 Å². The van der Waals surface area contributed by atoms with Crippen LogP contribution in [0.15, 0.2) is 0 Å². The van der Waals surface area contributed by atoms with Crippen LogP contribution in [0.5, 0.6) is 0 Å². The van der Waals surface area contributed by atoms with Crippen LogP contribution in [0.4, 0.5) is 0 Å². The Balaban J connectivity index is 1.94. The maximum absolute atomic E-state index is 5.75. The van der Waals surface area contributed by atoms with Crippen molar-refractivity contribution in [2.24, 2.45) is 0 Å². The topological polar surface area (TPSA) is 12.5 Å². The van der Waals surface area contributed by atoms with E-state index in [0.717, 1.165) is 13.0 Å². The Hall–Kier alpha value is -0.0800. The molecular weight excluding hydrogens is 138 g/mol. The van der Waals surface area contributed by atoms with Gasteiger partial charge in [-0.2, -0.15) is 0 Å². The zero-order chi connectivity index (χ0) is 7.73. The Morgan fingerprint density at radius 2 is 2.09 bits per heavy atom. The van der Waals surface area contributed by atoms with Gasteiger partial charge in [0.1, 0.15) is 0 Å². The van der Waals surface area contributed by atoms with Crippen molar-refractivity contribution in [2.45, 2.75) is 24.9 Å². The van der Waals surface area contributed by atoms with Gasteiger partial charge >= 0.3 is 0 Å². The van der Waals surface area contributed by atoms with Crippen LogP contribution < -0.4 is 0 Å². The van der Waals surface area contributed by atoms with Crippen LogP contribution in [0.2, 0.25) is 0 Å². The summed E-state index contributed by atoms with van der Waals surface area (Å²) in [5, 5.41) is 0. The van der Waals surface area contributed by atoms with Gasteiger partial charge < -0.3 is 9.64 Å². The summed E-state index contributed by atoms with van der Waals surface area (Å²) in [5.74, 6) is 0. The summed E-state index contributed by atoms with van der Waals surface area (Å²) in [4.78, 5) is 2.38. The molecule has 0 aromatic heterocycles. The molecule has 0 aromatic carbocycles. The lowest BCUT2D eigenvalue weighted by atomic mass is 9.89. The normalized spacial score (nSPS) is 31.4. The number of piperidine rings is 1. The van der Waals surface area contributed by atoms with Crippen LogP contribution >= 0.6 is 0 Å². The first-order chi connectivity index (χ1) is 5.31. The minimum atomic E-state index is 0.187. The smallest absolute Gasteiger partial charge is 0.0739 e. The molecule has 0 amide bonds. The van der Waals surface area contributed by atoms with Crippen LogP contribution in [0.1, 0.15) is 19.3 Å². The number of hydrogen-bond acceptors (Lipinski definition) is 2. The van der Waals surface area contributed by atoms with Gasteiger partial charge in [-0.25, -0.2) is 0 Å². The molecule has 1 radical (unpaired) electrons. The molecule has 0 bridgehead atoms. The van der Waals surface area contributed by atoms with Crippen molar-refractivity contribution in [1.29, 1.82) is 0 Å². The van der Waals surface area contributed by atoms with Gasteiger partial charge in [0.15, 0.2) is 0 Å². The van der Waals surface area contributed by atoms with Crippen LogP contribution in [0, 0.1) is 6.42 Å². The molecule has 0 N–H and O–H groups in total.